The first kappa shape index (κ1) is 23.8. The maximum Gasteiger partial charge on any atom is 0.407 e. The Morgan fingerprint density at radius 2 is 1.62 bits per heavy atom. The molecule has 2 amide bonds. The molecule has 0 radical (unpaired) electrons. The fraction of sp³-hybridized carbons (Fsp3) is 0.423. The maximum absolute atomic E-state index is 12.7. The summed E-state index contributed by atoms with van der Waals surface area (Å²) >= 11 is 0. The number of hydrogen-bond donors (Lipinski definition) is 3. The van der Waals surface area contributed by atoms with Crippen molar-refractivity contribution in [3.63, 3.8) is 0 Å². The SMILES string of the molecule is COC1(CNC(=O)C(CC(=O)O)NC(=O)OCC2c3ccccc3-c3ccccc32)CCCC1. The molecule has 0 bridgehead atoms. The smallest absolute Gasteiger partial charge is 0.407 e. The zero-order chi connectivity index (χ0) is 24.1. The first-order valence-electron chi connectivity index (χ1n) is 11.6. The highest BCUT2D eigenvalue weighted by Crippen LogP contribution is 2.44. The lowest BCUT2D eigenvalue weighted by Gasteiger charge is -2.28. The number of hydrogen-bond acceptors (Lipinski definition) is 5. The number of rotatable bonds is 9. The fourth-order valence-corrected chi connectivity index (χ4v) is 5.01. The summed E-state index contributed by atoms with van der Waals surface area (Å²) in [5, 5.41) is 14.4. The summed E-state index contributed by atoms with van der Waals surface area (Å²) in [6.07, 6.45) is 2.31. The van der Waals surface area contributed by atoms with E-state index < -0.39 is 36.0 Å². The van der Waals surface area contributed by atoms with Crippen LogP contribution in [0.1, 0.15) is 49.1 Å². The Balaban J connectivity index is 1.38. The first-order valence-corrected chi connectivity index (χ1v) is 11.6. The minimum Gasteiger partial charge on any atom is -0.481 e. The number of carbonyl (C=O) groups excluding carboxylic acids is 2. The van der Waals surface area contributed by atoms with Crippen LogP contribution in [0.5, 0.6) is 0 Å². The molecular formula is C26H30N2O6. The molecule has 0 spiro atoms. The molecule has 2 aliphatic rings. The molecule has 180 valence electrons. The van der Waals surface area contributed by atoms with Gasteiger partial charge in [-0.15, -0.1) is 0 Å². The van der Waals surface area contributed by atoms with Gasteiger partial charge in [0, 0.05) is 19.6 Å². The van der Waals surface area contributed by atoms with Gasteiger partial charge < -0.3 is 25.2 Å². The number of amides is 2. The van der Waals surface area contributed by atoms with Gasteiger partial charge in [0.1, 0.15) is 12.6 Å². The lowest BCUT2D eigenvalue weighted by Crippen LogP contribution is -2.51. The first-order chi connectivity index (χ1) is 16.4. The van der Waals surface area contributed by atoms with Crippen LogP contribution in [0.3, 0.4) is 0 Å². The number of nitrogens with one attached hydrogen (secondary N) is 2. The van der Waals surface area contributed by atoms with E-state index in [1.165, 1.54) is 0 Å². The number of methoxy groups -OCH3 is 1. The number of benzene rings is 2. The quantitative estimate of drug-likeness (QED) is 0.522. The Morgan fingerprint density at radius 3 is 2.18 bits per heavy atom. The summed E-state index contributed by atoms with van der Waals surface area (Å²) < 4.78 is 11.1. The highest BCUT2D eigenvalue weighted by molar-refractivity contribution is 5.89. The van der Waals surface area contributed by atoms with E-state index in [4.69, 9.17) is 9.47 Å². The van der Waals surface area contributed by atoms with E-state index >= 15 is 0 Å². The molecule has 8 heteroatoms. The minimum absolute atomic E-state index is 0.0774. The van der Waals surface area contributed by atoms with Crippen LogP contribution < -0.4 is 10.6 Å². The number of alkyl carbamates (subject to hydrolysis) is 1. The second-order valence-corrected chi connectivity index (χ2v) is 8.93. The summed E-state index contributed by atoms with van der Waals surface area (Å²) in [6, 6.07) is 14.7. The predicted molar refractivity (Wildman–Crippen MR) is 125 cm³/mol. The van der Waals surface area contributed by atoms with Gasteiger partial charge in [0.05, 0.1) is 12.0 Å². The van der Waals surface area contributed by atoms with Crippen LogP contribution in [0.4, 0.5) is 4.79 Å². The molecule has 2 aliphatic carbocycles. The number of ether oxygens (including phenoxy) is 2. The molecule has 0 aromatic heterocycles. The van der Waals surface area contributed by atoms with E-state index in [9.17, 15) is 19.5 Å². The summed E-state index contributed by atoms with van der Waals surface area (Å²) in [5.41, 5.74) is 3.91. The molecule has 2 aromatic carbocycles. The second-order valence-electron chi connectivity index (χ2n) is 8.93. The van der Waals surface area contributed by atoms with Gasteiger partial charge >= 0.3 is 12.1 Å². The van der Waals surface area contributed by atoms with Gasteiger partial charge in [-0.2, -0.15) is 0 Å². The van der Waals surface area contributed by atoms with Gasteiger partial charge in [-0.3, -0.25) is 9.59 Å². The lowest BCUT2D eigenvalue weighted by atomic mass is 9.98. The number of aliphatic carboxylic acids is 1. The number of fused-ring (bicyclic) bond motifs is 3. The van der Waals surface area contributed by atoms with E-state index in [1.807, 2.05) is 48.5 Å². The zero-order valence-electron chi connectivity index (χ0n) is 19.2. The van der Waals surface area contributed by atoms with E-state index in [-0.39, 0.29) is 19.1 Å². The Hall–Kier alpha value is -3.39. The summed E-state index contributed by atoms with van der Waals surface area (Å²) in [4.78, 5) is 36.6. The minimum atomic E-state index is -1.25. The van der Waals surface area contributed by atoms with E-state index in [0.29, 0.717) is 0 Å². The van der Waals surface area contributed by atoms with Crippen molar-refractivity contribution in [2.24, 2.45) is 0 Å². The third-order valence-corrected chi connectivity index (χ3v) is 6.86. The Kier molecular flexibility index (Phi) is 7.17. The van der Waals surface area contributed by atoms with Gasteiger partial charge in [0.15, 0.2) is 0 Å². The van der Waals surface area contributed by atoms with Crippen LogP contribution in [-0.2, 0) is 19.1 Å². The van der Waals surface area contributed by atoms with Gasteiger partial charge in [-0.05, 0) is 35.1 Å². The highest BCUT2D eigenvalue weighted by atomic mass is 16.5. The Labute approximate surface area is 198 Å². The molecule has 1 unspecified atom stereocenters. The van der Waals surface area contributed by atoms with Crippen molar-refractivity contribution >= 4 is 18.0 Å². The van der Waals surface area contributed by atoms with Crippen molar-refractivity contribution in [3.05, 3.63) is 59.7 Å². The van der Waals surface area contributed by atoms with E-state index in [1.54, 1.807) is 7.11 Å². The summed E-state index contributed by atoms with van der Waals surface area (Å²) in [5.74, 6) is -1.89. The van der Waals surface area contributed by atoms with Crippen molar-refractivity contribution in [2.75, 3.05) is 20.3 Å². The highest BCUT2D eigenvalue weighted by Gasteiger charge is 2.35. The van der Waals surface area contributed by atoms with Crippen LogP contribution >= 0.6 is 0 Å². The molecular weight excluding hydrogens is 436 g/mol. The lowest BCUT2D eigenvalue weighted by molar-refractivity contribution is -0.140. The van der Waals surface area contributed by atoms with Crippen molar-refractivity contribution in [1.82, 2.24) is 10.6 Å². The molecule has 4 rings (SSSR count). The molecule has 0 heterocycles. The fourth-order valence-electron chi connectivity index (χ4n) is 5.01. The van der Waals surface area contributed by atoms with Crippen molar-refractivity contribution < 1.29 is 29.0 Å². The molecule has 8 nitrogen and oxygen atoms in total. The normalized spacial score (nSPS) is 16.9. The zero-order valence-corrected chi connectivity index (χ0v) is 19.2. The largest absolute Gasteiger partial charge is 0.481 e. The third-order valence-electron chi connectivity index (χ3n) is 6.86. The standard InChI is InChI=1S/C26H30N2O6/c1-33-26(12-6-7-13-26)16-27-24(31)22(14-23(29)30)28-25(32)34-15-21-19-10-4-2-8-17(19)18-9-3-5-11-20(18)21/h2-5,8-11,21-22H,6-7,12-16H2,1H3,(H,27,31)(H,28,32)(H,29,30). The van der Waals surface area contributed by atoms with Gasteiger partial charge in [-0.1, -0.05) is 61.4 Å². The Morgan fingerprint density at radius 1 is 1.03 bits per heavy atom. The van der Waals surface area contributed by atoms with Crippen molar-refractivity contribution in [3.8, 4) is 11.1 Å². The summed E-state index contributed by atoms with van der Waals surface area (Å²) in [7, 11) is 1.61. The van der Waals surface area contributed by atoms with Gasteiger partial charge in [0.25, 0.3) is 0 Å². The molecule has 1 fully saturated rings. The van der Waals surface area contributed by atoms with Crippen LogP contribution in [0.15, 0.2) is 48.5 Å². The topological polar surface area (TPSA) is 114 Å². The second kappa shape index (κ2) is 10.3. The monoisotopic (exact) mass is 466 g/mol. The van der Waals surface area contributed by atoms with E-state index in [0.717, 1.165) is 47.9 Å². The van der Waals surface area contributed by atoms with Crippen LogP contribution in [0, 0.1) is 0 Å². The number of carboxylic acid groups (broad SMARTS) is 1. The van der Waals surface area contributed by atoms with Crippen LogP contribution in [0.2, 0.25) is 0 Å². The molecule has 2 aromatic rings. The predicted octanol–water partition coefficient (Wildman–Crippen LogP) is 3.44. The molecule has 34 heavy (non-hydrogen) atoms. The molecule has 0 aliphatic heterocycles. The van der Waals surface area contributed by atoms with Gasteiger partial charge in [0.2, 0.25) is 5.91 Å². The molecule has 1 saturated carbocycles. The third kappa shape index (κ3) is 5.07. The number of carbonyl (C=O) groups is 3. The van der Waals surface area contributed by atoms with E-state index in [2.05, 4.69) is 10.6 Å². The summed E-state index contributed by atoms with van der Waals surface area (Å²) in [6.45, 7) is 0.346. The number of carboxylic acids is 1. The van der Waals surface area contributed by atoms with Crippen molar-refractivity contribution in [1.29, 1.82) is 0 Å². The molecule has 0 saturated heterocycles. The molecule has 1 atom stereocenters. The van der Waals surface area contributed by atoms with Gasteiger partial charge in [-0.25, -0.2) is 4.79 Å². The molecule has 3 N–H and O–H groups in total. The van der Waals surface area contributed by atoms with Crippen molar-refractivity contribution in [2.45, 2.75) is 49.7 Å². The van der Waals surface area contributed by atoms with Crippen LogP contribution in [-0.4, -0.2) is 55.0 Å². The average Bonchev–Trinajstić information content (AvgIpc) is 3.44. The maximum atomic E-state index is 12.7. The average molecular weight is 467 g/mol. The Bertz CT molecular complexity index is 1020. The van der Waals surface area contributed by atoms with Crippen LogP contribution in [0.25, 0.3) is 11.1 Å².